The summed E-state index contributed by atoms with van der Waals surface area (Å²) in [6.07, 6.45) is 3.27. The number of Topliss-reactive ketones (excluding diaryl/α,β-unsaturated/α-hetero) is 1. The van der Waals surface area contributed by atoms with Crippen LogP contribution in [0.1, 0.15) is 44.1 Å². The number of esters is 1. The fourth-order valence-electron chi connectivity index (χ4n) is 2.31. The van der Waals surface area contributed by atoms with Crippen LogP contribution in [-0.2, 0) is 14.3 Å². The first-order valence-electron chi connectivity index (χ1n) is 7.84. The van der Waals surface area contributed by atoms with Crippen LogP contribution in [0.15, 0.2) is 17.0 Å². The second kappa shape index (κ2) is 7.90. The molecular weight excluding hydrogens is 394 g/mol. The third kappa shape index (κ3) is 5.48. The van der Waals surface area contributed by atoms with Gasteiger partial charge in [0, 0.05) is 6.54 Å². The zero-order valence-corrected chi connectivity index (χ0v) is 15.9. The van der Waals surface area contributed by atoms with Crippen LogP contribution >= 0.6 is 15.9 Å². The van der Waals surface area contributed by atoms with Gasteiger partial charge in [0.2, 0.25) is 5.78 Å². The number of likely N-dealkylation sites (tertiary alicyclic amines) is 1. The first kappa shape index (κ1) is 19.3. The van der Waals surface area contributed by atoms with E-state index in [1.54, 1.807) is 20.8 Å². The highest BCUT2D eigenvalue weighted by molar-refractivity contribution is 9.10. The number of ketones is 1. The van der Waals surface area contributed by atoms with Gasteiger partial charge in [0.05, 0.1) is 12.4 Å². The summed E-state index contributed by atoms with van der Waals surface area (Å²) < 4.78 is 10.9. The van der Waals surface area contributed by atoms with Gasteiger partial charge in [-0.15, -0.1) is 0 Å². The summed E-state index contributed by atoms with van der Waals surface area (Å²) in [6.45, 7) is 5.24. The van der Waals surface area contributed by atoms with Gasteiger partial charge in [-0.05, 0) is 49.5 Å². The average Bonchev–Trinajstić information content (AvgIpc) is 3.01. The molecule has 0 aliphatic carbocycles. The molecule has 2 heterocycles. The minimum Gasteiger partial charge on any atom is -0.456 e. The van der Waals surface area contributed by atoms with Crippen molar-refractivity contribution in [2.45, 2.75) is 45.3 Å². The molecule has 0 spiro atoms. The Morgan fingerprint density at radius 2 is 2.00 bits per heavy atom. The van der Waals surface area contributed by atoms with E-state index in [9.17, 15) is 14.4 Å². The lowest BCUT2D eigenvalue weighted by Gasteiger charge is -2.27. The lowest BCUT2D eigenvalue weighted by molar-refractivity contribution is -0.147. The molecule has 1 atom stereocenters. The molecule has 0 bridgehead atoms. The molecule has 0 radical (unpaired) electrons. The maximum Gasteiger partial charge on any atom is 0.411 e. The van der Waals surface area contributed by atoms with Crippen molar-refractivity contribution in [3.8, 4) is 0 Å². The van der Waals surface area contributed by atoms with E-state index in [4.69, 9.17) is 9.47 Å². The summed E-state index contributed by atoms with van der Waals surface area (Å²) in [5.74, 6) is -1.09. The summed E-state index contributed by atoms with van der Waals surface area (Å²) in [4.78, 5) is 45.5. The first-order valence-corrected chi connectivity index (χ1v) is 8.63. The lowest BCUT2D eigenvalue weighted by Crippen LogP contribution is -2.44. The van der Waals surface area contributed by atoms with E-state index < -0.39 is 36.1 Å². The first-order chi connectivity index (χ1) is 11.7. The predicted octanol–water partition coefficient (Wildman–Crippen LogP) is 2.36. The molecule has 1 aromatic rings. The van der Waals surface area contributed by atoms with Crippen LogP contribution in [0.5, 0.6) is 0 Å². The number of rotatable bonds is 4. The summed E-state index contributed by atoms with van der Waals surface area (Å²) in [5, 5.41) is 0. The third-order valence-electron chi connectivity index (χ3n) is 3.40. The van der Waals surface area contributed by atoms with Crippen molar-refractivity contribution in [3.63, 3.8) is 0 Å². The molecule has 1 fully saturated rings. The number of hydrogen-bond acceptors (Lipinski definition) is 7. The molecule has 1 aliphatic heterocycles. The number of halogens is 1. The smallest absolute Gasteiger partial charge is 0.411 e. The largest absolute Gasteiger partial charge is 0.456 e. The highest BCUT2D eigenvalue weighted by atomic mass is 79.9. The normalized spacial score (nSPS) is 17.3. The van der Waals surface area contributed by atoms with Crippen molar-refractivity contribution in [2.24, 2.45) is 0 Å². The topological polar surface area (TPSA) is 98.7 Å². The van der Waals surface area contributed by atoms with E-state index in [0.29, 0.717) is 24.0 Å². The van der Waals surface area contributed by atoms with Crippen molar-refractivity contribution < 1.29 is 23.9 Å². The minimum absolute atomic E-state index is 0.103. The van der Waals surface area contributed by atoms with Crippen molar-refractivity contribution in [3.05, 3.63) is 22.7 Å². The SMILES string of the molecule is CC(C)(C)OC(=O)N1CCC[C@H]1C(=O)OCC(=O)c1cnc(Br)cn1. The quantitative estimate of drug-likeness (QED) is 0.551. The number of carbonyl (C=O) groups is 3. The Kier molecular flexibility index (Phi) is 6.10. The van der Waals surface area contributed by atoms with Crippen LogP contribution in [0, 0.1) is 0 Å². The molecular formula is C16H20BrN3O5. The average molecular weight is 414 g/mol. The second-order valence-electron chi connectivity index (χ2n) is 6.59. The maximum absolute atomic E-state index is 12.2. The van der Waals surface area contributed by atoms with Crippen molar-refractivity contribution in [1.29, 1.82) is 0 Å². The van der Waals surface area contributed by atoms with E-state index in [1.807, 2.05) is 0 Å². The van der Waals surface area contributed by atoms with Gasteiger partial charge >= 0.3 is 12.1 Å². The molecule has 0 unspecified atom stereocenters. The zero-order chi connectivity index (χ0) is 18.6. The number of amides is 1. The molecule has 25 heavy (non-hydrogen) atoms. The molecule has 0 saturated carbocycles. The van der Waals surface area contributed by atoms with Gasteiger partial charge < -0.3 is 9.47 Å². The fraction of sp³-hybridized carbons (Fsp3) is 0.562. The molecule has 136 valence electrons. The van der Waals surface area contributed by atoms with Crippen molar-refractivity contribution >= 4 is 33.8 Å². The second-order valence-corrected chi connectivity index (χ2v) is 7.40. The van der Waals surface area contributed by atoms with Crippen LogP contribution < -0.4 is 0 Å². The zero-order valence-electron chi connectivity index (χ0n) is 14.3. The molecule has 1 aromatic heterocycles. The van der Waals surface area contributed by atoms with Crippen LogP contribution in [-0.4, -0.2) is 57.5 Å². The molecule has 1 saturated heterocycles. The fourth-order valence-corrected chi connectivity index (χ4v) is 2.52. The van der Waals surface area contributed by atoms with Gasteiger partial charge in [-0.1, -0.05) is 0 Å². The number of ether oxygens (including phenoxy) is 2. The number of nitrogens with zero attached hydrogens (tertiary/aromatic N) is 3. The molecule has 0 N–H and O–H groups in total. The molecule has 2 rings (SSSR count). The number of carbonyl (C=O) groups excluding carboxylic acids is 3. The maximum atomic E-state index is 12.2. The molecule has 0 aromatic carbocycles. The van der Waals surface area contributed by atoms with Crippen molar-refractivity contribution in [2.75, 3.05) is 13.2 Å². The number of aromatic nitrogens is 2. The van der Waals surface area contributed by atoms with E-state index in [-0.39, 0.29) is 5.69 Å². The van der Waals surface area contributed by atoms with Gasteiger partial charge in [-0.25, -0.2) is 19.6 Å². The molecule has 1 aliphatic rings. The van der Waals surface area contributed by atoms with E-state index in [0.717, 1.165) is 0 Å². The number of hydrogen-bond donors (Lipinski definition) is 0. The van der Waals surface area contributed by atoms with Gasteiger partial charge in [-0.3, -0.25) is 9.69 Å². The van der Waals surface area contributed by atoms with Gasteiger partial charge in [-0.2, -0.15) is 0 Å². The Morgan fingerprint density at radius 1 is 1.28 bits per heavy atom. The monoisotopic (exact) mass is 413 g/mol. The summed E-state index contributed by atoms with van der Waals surface area (Å²) in [6, 6.07) is -0.737. The van der Waals surface area contributed by atoms with Crippen LogP contribution in [0.3, 0.4) is 0 Å². The van der Waals surface area contributed by atoms with Crippen LogP contribution in [0.25, 0.3) is 0 Å². The highest BCUT2D eigenvalue weighted by Crippen LogP contribution is 2.21. The predicted molar refractivity (Wildman–Crippen MR) is 91.0 cm³/mol. The highest BCUT2D eigenvalue weighted by Gasteiger charge is 2.37. The third-order valence-corrected chi connectivity index (χ3v) is 3.81. The van der Waals surface area contributed by atoms with Crippen molar-refractivity contribution in [1.82, 2.24) is 14.9 Å². The van der Waals surface area contributed by atoms with Crippen LogP contribution in [0.4, 0.5) is 4.79 Å². The minimum atomic E-state index is -0.737. The van der Waals surface area contributed by atoms with Gasteiger partial charge in [0.1, 0.15) is 21.9 Å². The standard InChI is InChI=1S/C16H20BrN3O5/c1-16(2,3)25-15(23)20-6-4-5-11(20)14(22)24-9-12(21)10-7-19-13(17)8-18-10/h7-8,11H,4-6,9H2,1-3H3/t11-/m0/s1. The van der Waals surface area contributed by atoms with Gasteiger partial charge in [0.25, 0.3) is 0 Å². The Balaban J connectivity index is 1.92. The lowest BCUT2D eigenvalue weighted by atomic mass is 10.2. The Hall–Kier alpha value is -2.03. The Labute approximate surface area is 154 Å². The molecule has 1 amide bonds. The molecule has 9 heteroatoms. The molecule has 8 nitrogen and oxygen atoms in total. The Morgan fingerprint density at radius 3 is 2.60 bits per heavy atom. The van der Waals surface area contributed by atoms with Gasteiger partial charge in [0.15, 0.2) is 6.61 Å². The summed E-state index contributed by atoms with van der Waals surface area (Å²) in [7, 11) is 0. The van der Waals surface area contributed by atoms with Crippen LogP contribution in [0.2, 0.25) is 0 Å². The van der Waals surface area contributed by atoms with E-state index >= 15 is 0 Å². The summed E-state index contributed by atoms with van der Waals surface area (Å²) >= 11 is 3.12. The Bertz CT molecular complexity index is 657. The van der Waals surface area contributed by atoms with E-state index in [1.165, 1.54) is 17.3 Å². The summed E-state index contributed by atoms with van der Waals surface area (Å²) in [5.41, 5.74) is -0.545. The van der Waals surface area contributed by atoms with E-state index in [2.05, 4.69) is 25.9 Å².